The monoisotopic (exact) mass is 409 g/mol. The van der Waals surface area contributed by atoms with Crippen LogP contribution in [0.5, 0.6) is 17.5 Å². The molecule has 8 nitrogen and oxygen atoms in total. The van der Waals surface area contributed by atoms with Gasteiger partial charge in [0.05, 0.1) is 0 Å². The Kier molecular flexibility index (Phi) is 6.48. The number of hydrogen-bond donors (Lipinski definition) is 2. The molecule has 1 atom stereocenters. The fourth-order valence-corrected chi connectivity index (χ4v) is 2.95. The van der Waals surface area contributed by atoms with E-state index >= 15 is 0 Å². The van der Waals surface area contributed by atoms with Crippen LogP contribution in [0.25, 0.3) is 11.1 Å². The van der Waals surface area contributed by atoms with Crippen molar-refractivity contribution >= 4 is 5.97 Å². The van der Waals surface area contributed by atoms with E-state index in [0.29, 0.717) is 17.0 Å². The Bertz CT molecular complexity index is 1050. The lowest BCUT2D eigenvalue weighted by atomic mass is 10.0. The highest BCUT2D eigenvalue weighted by Crippen LogP contribution is 2.29. The zero-order valence-electron chi connectivity index (χ0n) is 16.7. The van der Waals surface area contributed by atoms with Gasteiger partial charge >= 0.3 is 5.97 Å². The average Bonchev–Trinajstić information content (AvgIpc) is 2.71. The lowest BCUT2D eigenvalue weighted by Gasteiger charge is -2.13. The SMILES string of the molecule is CCC(Oc1c[n+]([O-])cc(Oc2cc(C)cc(-c3cccc(CN)c3)c2)n1)C(=O)O. The van der Waals surface area contributed by atoms with Crippen molar-refractivity contribution in [2.45, 2.75) is 32.9 Å². The maximum Gasteiger partial charge on any atom is 0.344 e. The summed E-state index contributed by atoms with van der Waals surface area (Å²) < 4.78 is 11.6. The summed E-state index contributed by atoms with van der Waals surface area (Å²) >= 11 is 0. The lowest BCUT2D eigenvalue weighted by Crippen LogP contribution is -2.30. The molecule has 3 aromatic rings. The zero-order valence-corrected chi connectivity index (χ0v) is 16.7. The van der Waals surface area contributed by atoms with Gasteiger partial charge in [-0.2, -0.15) is 9.71 Å². The first kappa shape index (κ1) is 21.1. The molecule has 30 heavy (non-hydrogen) atoms. The molecule has 0 radical (unpaired) electrons. The number of carbonyl (C=O) groups is 1. The maximum atomic E-state index is 11.9. The van der Waals surface area contributed by atoms with Gasteiger partial charge in [-0.05, 0) is 53.8 Å². The Morgan fingerprint density at radius 1 is 1.20 bits per heavy atom. The van der Waals surface area contributed by atoms with E-state index in [1.54, 1.807) is 6.92 Å². The number of carboxylic acid groups (broad SMARTS) is 1. The topological polar surface area (TPSA) is 122 Å². The Morgan fingerprint density at radius 3 is 2.67 bits per heavy atom. The van der Waals surface area contributed by atoms with Crippen LogP contribution in [-0.2, 0) is 11.3 Å². The number of nitrogens with zero attached hydrogens (tertiary/aromatic N) is 2. The molecule has 0 aliphatic rings. The summed E-state index contributed by atoms with van der Waals surface area (Å²) in [6.07, 6.45) is 1.32. The molecule has 0 saturated heterocycles. The smallest absolute Gasteiger partial charge is 0.344 e. The van der Waals surface area contributed by atoms with E-state index < -0.39 is 12.1 Å². The average molecular weight is 409 g/mol. The predicted molar refractivity (Wildman–Crippen MR) is 110 cm³/mol. The molecule has 1 heterocycles. The first-order valence-corrected chi connectivity index (χ1v) is 9.47. The van der Waals surface area contributed by atoms with Crippen molar-refractivity contribution < 1.29 is 24.1 Å². The molecule has 8 heteroatoms. The molecule has 0 aliphatic carbocycles. The summed E-state index contributed by atoms with van der Waals surface area (Å²) in [5.74, 6) is -0.778. The summed E-state index contributed by atoms with van der Waals surface area (Å²) in [6.45, 7) is 4.04. The highest BCUT2D eigenvalue weighted by molar-refractivity contribution is 5.72. The second kappa shape index (κ2) is 9.23. The number of aliphatic carboxylic acids is 1. The van der Waals surface area contributed by atoms with Crippen LogP contribution in [-0.4, -0.2) is 22.2 Å². The third-order valence-corrected chi connectivity index (χ3v) is 4.37. The number of nitrogens with two attached hydrogens (primary N) is 1. The second-order valence-electron chi connectivity index (χ2n) is 6.80. The molecule has 0 bridgehead atoms. The van der Waals surface area contributed by atoms with Crippen LogP contribution >= 0.6 is 0 Å². The van der Waals surface area contributed by atoms with Crippen molar-refractivity contribution in [1.82, 2.24) is 4.98 Å². The van der Waals surface area contributed by atoms with Gasteiger partial charge in [0.25, 0.3) is 11.8 Å². The molecule has 3 N–H and O–H groups in total. The summed E-state index contributed by atoms with van der Waals surface area (Å²) in [5, 5.41) is 21.1. The molecule has 1 unspecified atom stereocenters. The molecule has 0 fully saturated rings. The van der Waals surface area contributed by atoms with Gasteiger partial charge in [0.1, 0.15) is 5.75 Å². The minimum absolute atomic E-state index is 0.00463. The van der Waals surface area contributed by atoms with E-state index in [1.807, 2.05) is 49.4 Å². The van der Waals surface area contributed by atoms with Gasteiger partial charge in [-0.1, -0.05) is 31.2 Å². The van der Waals surface area contributed by atoms with Crippen LogP contribution in [0.3, 0.4) is 0 Å². The molecule has 1 aromatic heterocycles. The molecular weight excluding hydrogens is 386 g/mol. The summed E-state index contributed by atoms with van der Waals surface area (Å²) in [4.78, 5) is 15.3. The maximum absolute atomic E-state index is 11.9. The van der Waals surface area contributed by atoms with Crippen LogP contribution in [0.2, 0.25) is 0 Å². The van der Waals surface area contributed by atoms with Crippen molar-refractivity contribution in [3.05, 3.63) is 71.2 Å². The molecule has 0 amide bonds. The number of aromatic nitrogens is 2. The summed E-state index contributed by atoms with van der Waals surface area (Å²) in [7, 11) is 0. The Labute approximate surface area is 174 Å². The second-order valence-corrected chi connectivity index (χ2v) is 6.80. The van der Waals surface area contributed by atoms with E-state index in [9.17, 15) is 10.0 Å². The normalized spacial score (nSPS) is 11.7. The molecule has 0 saturated carbocycles. The van der Waals surface area contributed by atoms with E-state index in [1.165, 1.54) is 0 Å². The van der Waals surface area contributed by atoms with E-state index in [4.69, 9.17) is 20.3 Å². The molecule has 2 aromatic carbocycles. The predicted octanol–water partition coefficient (Wildman–Crippen LogP) is 3.18. The van der Waals surface area contributed by atoms with Crippen LogP contribution in [0.4, 0.5) is 0 Å². The van der Waals surface area contributed by atoms with Crippen LogP contribution in [0, 0.1) is 12.1 Å². The number of carboxylic acids is 1. The number of benzene rings is 2. The molecule has 156 valence electrons. The lowest BCUT2D eigenvalue weighted by molar-refractivity contribution is -0.606. The first-order valence-electron chi connectivity index (χ1n) is 9.47. The van der Waals surface area contributed by atoms with Crippen LogP contribution < -0.4 is 19.9 Å². The Balaban J connectivity index is 1.89. The number of aryl methyl sites for hydroxylation is 1. The summed E-state index contributed by atoms with van der Waals surface area (Å²) in [6, 6.07) is 13.5. The third-order valence-electron chi connectivity index (χ3n) is 4.37. The summed E-state index contributed by atoms with van der Waals surface area (Å²) in [5.41, 5.74) is 9.63. The fraction of sp³-hybridized carbons (Fsp3) is 0.227. The van der Waals surface area contributed by atoms with Gasteiger partial charge in [-0.3, -0.25) is 0 Å². The van der Waals surface area contributed by atoms with Crippen molar-refractivity contribution in [3.8, 4) is 28.6 Å². The quantitative estimate of drug-likeness (QED) is 0.433. The van der Waals surface area contributed by atoms with Gasteiger partial charge < -0.3 is 25.5 Å². The Hall–Kier alpha value is -3.65. The minimum atomic E-state index is -1.13. The van der Waals surface area contributed by atoms with E-state index in [2.05, 4.69) is 4.98 Å². The van der Waals surface area contributed by atoms with E-state index in [0.717, 1.165) is 34.6 Å². The zero-order chi connectivity index (χ0) is 21.7. The van der Waals surface area contributed by atoms with Crippen molar-refractivity contribution in [2.24, 2.45) is 5.73 Å². The highest BCUT2D eigenvalue weighted by atomic mass is 16.5. The fourth-order valence-electron chi connectivity index (χ4n) is 2.95. The molecule has 0 aliphatic heterocycles. The molecule has 0 spiro atoms. The van der Waals surface area contributed by atoms with Gasteiger partial charge in [0.2, 0.25) is 12.4 Å². The standard InChI is InChI=1S/C22H23N3O5/c1-3-19(22(26)27)30-21-13-25(28)12-20(24-21)29-18-8-14(2)7-17(10-18)16-6-4-5-15(9-16)11-23/h4-10,12-13,19H,3,11,23H2,1-2H3,(H,26,27). The van der Waals surface area contributed by atoms with Gasteiger partial charge in [-0.15, -0.1) is 0 Å². The molecule has 3 rings (SSSR count). The van der Waals surface area contributed by atoms with Crippen LogP contribution in [0.15, 0.2) is 54.9 Å². The van der Waals surface area contributed by atoms with Gasteiger partial charge in [0.15, 0.2) is 6.10 Å². The van der Waals surface area contributed by atoms with Crippen molar-refractivity contribution in [2.75, 3.05) is 0 Å². The largest absolute Gasteiger partial charge is 0.618 e. The van der Waals surface area contributed by atoms with E-state index in [-0.39, 0.29) is 18.2 Å². The first-order chi connectivity index (χ1) is 14.4. The van der Waals surface area contributed by atoms with Crippen molar-refractivity contribution in [1.29, 1.82) is 0 Å². The van der Waals surface area contributed by atoms with Gasteiger partial charge in [-0.25, -0.2) is 4.79 Å². The number of hydrogen-bond acceptors (Lipinski definition) is 6. The molecular formula is C22H23N3O5. The highest BCUT2D eigenvalue weighted by Gasteiger charge is 2.20. The number of rotatable bonds is 8. The van der Waals surface area contributed by atoms with Crippen LogP contribution in [0.1, 0.15) is 24.5 Å². The third kappa shape index (κ3) is 5.24. The Morgan fingerprint density at radius 2 is 1.97 bits per heavy atom. The minimum Gasteiger partial charge on any atom is -0.618 e. The van der Waals surface area contributed by atoms with Crippen molar-refractivity contribution in [3.63, 3.8) is 0 Å². The number of ether oxygens (including phenoxy) is 2. The van der Waals surface area contributed by atoms with Gasteiger partial charge in [0, 0.05) is 6.54 Å².